The highest BCUT2D eigenvalue weighted by Gasteiger charge is 2.13. The van der Waals surface area contributed by atoms with E-state index < -0.39 is 0 Å². The second-order valence-corrected chi connectivity index (χ2v) is 5.92. The molecule has 0 aliphatic carbocycles. The molecule has 3 rings (SSSR count). The van der Waals surface area contributed by atoms with Crippen LogP contribution in [-0.2, 0) is 13.1 Å². The van der Waals surface area contributed by atoms with Crippen molar-refractivity contribution < 1.29 is 9.47 Å². The van der Waals surface area contributed by atoms with Crippen LogP contribution in [0, 0.1) is 0 Å². The molecule has 0 saturated heterocycles. The molecule has 6 heteroatoms. The van der Waals surface area contributed by atoms with Crippen molar-refractivity contribution in [2.75, 3.05) is 14.2 Å². The van der Waals surface area contributed by atoms with Crippen molar-refractivity contribution in [2.24, 2.45) is 0 Å². The summed E-state index contributed by atoms with van der Waals surface area (Å²) in [6, 6.07) is 11.8. The van der Waals surface area contributed by atoms with Crippen LogP contribution < -0.4 is 14.8 Å². The minimum atomic E-state index is 0.637. The van der Waals surface area contributed by atoms with Gasteiger partial charge < -0.3 is 19.8 Å². The molecule has 0 atom stereocenters. The van der Waals surface area contributed by atoms with E-state index in [9.17, 15) is 0 Å². The van der Waals surface area contributed by atoms with Gasteiger partial charge in [0, 0.05) is 16.6 Å². The summed E-state index contributed by atoms with van der Waals surface area (Å²) < 4.78 is 11.8. The Morgan fingerprint density at radius 2 is 1.91 bits per heavy atom. The zero-order chi connectivity index (χ0) is 16.2. The van der Waals surface area contributed by atoms with Crippen LogP contribution in [0.2, 0.25) is 0 Å². The van der Waals surface area contributed by atoms with E-state index in [1.54, 1.807) is 14.2 Å². The molecule has 0 bridgehead atoms. The lowest BCUT2D eigenvalue weighted by molar-refractivity contribution is 0.350. The van der Waals surface area contributed by atoms with Crippen molar-refractivity contribution in [1.29, 1.82) is 0 Å². The Morgan fingerprint density at radius 1 is 1.09 bits per heavy atom. The number of fused-ring (bicyclic) bond motifs is 1. The third-order valence-corrected chi connectivity index (χ3v) is 4.37. The summed E-state index contributed by atoms with van der Waals surface area (Å²) in [5, 5.41) is 3.39. The van der Waals surface area contributed by atoms with E-state index in [0.29, 0.717) is 13.1 Å². The van der Waals surface area contributed by atoms with Crippen LogP contribution in [0.5, 0.6) is 11.5 Å². The number of benzene rings is 2. The van der Waals surface area contributed by atoms with Crippen molar-refractivity contribution in [3.63, 3.8) is 0 Å². The SMILES string of the molecule is COc1ccc(Br)c(CNCc2nc3ccccc3[nH]2)c1OC. The zero-order valence-electron chi connectivity index (χ0n) is 13.0. The zero-order valence-corrected chi connectivity index (χ0v) is 14.6. The average Bonchev–Trinajstić information content (AvgIpc) is 2.98. The fraction of sp³-hybridized carbons (Fsp3) is 0.235. The lowest BCUT2D eigenvalue weighted by Gasteiger charge is -2.14. The van der Waals surface area contributed by atoms with Crippen molar-refractivity contribution in [1.82, 2.24) is 15.3 Å². The Labute approximate surface area is 143 Å². The second-order valence-electron chi connectivity index (χ2n) is 5.07. The first-order valence-corrected chi connectivity index (χ1v) is 8.06. The van der Waals surface area contributed by atoms with Gasteiger partial charge in [0.1, 0.15) is 5.82 Å². The number of nitrogens with zero attached hydrogens (tertiary/aromatic N) is 1. The summed E-state index contributed by atoms with van der Waals surface area (Å²) >= 11 is 3.57. The fourth-order valence-corrected chi connectivity index (χ4v) is 2.98. The van der Waals surface area contributed by atoms with Gasteiger partial charge in [0.2, 0.25) is 0 Å². The molecule has 0 unspecified atom stereocenters. The number of aromatic nitrogens is 2. The normalized spacial score (nSPS) is 10.9. The minimum absolute atomic E-state index is 0.637. The molecular formula is C17H18BrN3O2. The molecule has 0 amide bonds. The molecule has 23 heavy (non-hydrogen) atoms. The molecule has 2 N–H and O–H groups in total. The van der Waals surface area contributed by atoms with Gasteiger partial charge in [0.15, 0.2) is 11.5 Å². The smallest absolute Gasteiger partial charge is 0.166 e. The number of rotatable bonds is 6. The lowest BCUT2D eigenvalue weighted by atomic mass is 10.2. The van der Waals surface area contributed by atoms with Gasteiger partial charge in [0.05, 0.1) is 31.8 Å². The third kappa shape index (κ3) is 3.33. The minimum Gasteiger partial charge on any atom is -0.493 e. The van der Waals surface area contributed by atoms with Crippen LogP contribution in [-0.4, -0.2) is 24.2 Å². The van der Waals surface area contributed by atoms with Crippen molar-refractivity contribution >= 4 is 27.0 Å². The molecule has 120 valence electrons. The number of aromatic amines is 1. The van der Waals surface area contributed by atoms with Crippen LogP contribution in [0.1, 0.15) is 11.4 Å². The summed E-state index contributed by atoms with van der Waals surface area (Å²) in [4.78, 5) is 7.86. The first-order chi connectivity index (χ1) is 11.2. The van der Waals surface area contributed by atoms with E-state index in [4.69, 9.17) is 9.47 Å². The number of methoxy groups -OCH3 is 2. The van der Waals surface area contributed by atoms with E-state index in [1.807, 2.05) is 36.4 Å². The van der Waals surface area contributed by atoms with Gasteiger partial charge in [-0.2, -0.15) is 0 Å². The van der Waals surface area contributed by atoms with Crippen LogP contribution in [0.4, 0.5) is 0 Å². The van der Waals surface area contributed by atoms with Gasteiger partial charge in [-0.05, 0) is 24.3 Å². The maximum atomic E-state index is 5.48. The summed E-state index contributed by atoms with van der Waals surface area (Å²) in [6.07, 6.45) is 0. The van der Waals surface area contributed by atoms with Gasteiger partial charge in [0.25, 0.3) is 0 Å². The molecule has 0 aliphatic heterocycles. The lowest BCUT2D eigenvalue weighted by Crippen LogP contribution is -2.15. The Bertz CT molecular complexity index is 784. The molecule has 5 nitrogen and oxygen atoms in total. The fourth-order valence-electron chi connectivity index (χ4n) is 2.53. The topological polar surface area (TPSA) is 59.2 Å². The first kappa shape index (κ1) is 15.8. The summed E-state index contributed by atoms with van der Waals surface area (Å²) in [6.45, 7) is 1.28. The Kier molecular flexibility index (Phi) is 4.83. The summed E-state index contributed by atoms with van der Waals surface area (Å²) in [7, 11) is 3.28. The molecule has 1 heterocycles. The van der Waals surface area contributed by atoms with Gasteiger partial charge in [-0.1, -0.05) is 28.1 Å². The maximum Gasteiger partial charge on any atom is 0.166 e. The predicted molar refractivity (Wildman–Crippen MR) is 93.9 cm³/mol. The number of imidazole rings is 1. The van der Waals surface area contributed by atoms with Crippen LogP contribution in [0.25, 0.3) is 11.0 Å². The molecular weight excluding hydrogens is 358 g/mol. The largest absolute Gasteiger partial charge is 0.493 e. The summed E-state index contributed by atoms with van der Waals surface area (Å²) in [5.41, 5.74) is 3.04. The highest BCUT2D eigenvalue weighted by molar-refractivity contribution is 9.10. The molecule has 0 aliphatic rings. The molecule has 0 spiro atoms. The van der Waals surface area contributed by atoms with Gasteiger partial charge in [-0.3, -0.25) is 0 Å². The molecule has 3 aromatic rings. The van der Waals surface area contributed by atoms with Crippen LogP contribution in [0.3, 0.4) is 0 Å². The van der Waals surface area contributed by atoms with E-state index in [-0.39, 0.29) is 0 Å². The highest BCUT2D eigenvalue weighted by Crippen LogP contribution is 2.35. The molecule has 0 radical (unpaired) electrons. The average molecular weight is 376 g/mol. The number of nitrogens with one attached hydrogen (secondary N) is 2. The number of hydrogen-bond acceptors (Lipinski definition) is 4. The van der Waals surface area contributed by atoms with E-state index >= 15 is 0 Å². The maximum absolute atomic E-state index is 5.48. The van der Waals surface area contributed by atoms with E-state index in [0.717, 1.165) is 38.4 Å². The summed E-state index contributed by atoms with van der Waals surface area (Å²) in [5.74, 6) is 2.36. The number of halogens is 1. The van der Waals surface area contributed by atoms with Gasteiger partial charge in [-0.15, -0.1) is 0 Å². The van der Waals surface area contributed by atoms with Crippen molar-refractivity contribution in [3.05, 3.63) is 52.3 Å². The van der Waals surface area contributed by atoms with Crippen molar-refractivity contribution in [3.8, 4) is 11.5 Å². The molecule has 0 saturated carbocycles. The number of H-pyrrole nitrogens is 1. The number of para-hydroxylation sites is 2. The first-order valence-electron chi connectivity index (χ1n) is 7.26. The van der Waals surface area contributed by atoms with Gasteiger partial charge >= 0.3 is 0 Å². The molecule has 1 aromatic heterocycles. The Balaban J connectivity index is 1.73. The monoisotopic (exact) mass is 375 g/mol. The van der Waals surface area contributed by atoms with Crippen LogP contribution >= 0.6 is 15.9 Å². The van der Waals surface area contributed by atoms with Gasteiger partial charge in [-0.25, -0.2) is 4.98 Å². The predicted octanol–water partition coefficient (Wildman–Crippen LogP) is 3.63. The van der Waals surface area contributed by atoms with Crippen molar-refractivity contribution in [2.45, 2.75) is 13.1 Å². The Morgan fingerprint density at radius 3 is 2.65 bits per heavy atom. The molecule has 0 fully saturated rings. The van der Waals surface area contributed by atoms with E-state index in [1.165, 1.54) is 0 Å². The standard InChI is InChI=1S/C17H18BrN3O2/c1-22-15-8-7-12(18)11(17(15)23-2)9-19-10-16-20-13-5-3-4-6-14(13)21-16/h3-8,19H,9-10H2,1-2H3,(H,20,21). The number of ether oxygens (including phenoxy) is 2. The van der Waals surface area contributed by atoms with E-state index in [2.05, 4.69) is 31.2 Å². The highest BCUT2D eigenvalue weighted by atomic mass is 79.9. The number of hydrogen-bond donors (Lipinski definition) is 2. The Hall–Kier alpha value is -2.05. The quantitative estimate of drug-likeness (QED) is 0.690. The molecule has 2 aromatic carbocycles. The van der Waals surface area contributed by atoms with Crippen LogP contribution in [0.15, 0.2) is 40.9 Å². The second kappa shape index (κ2) is 7.02. The third-order valence-electron chi connectivity index (χ3n) is 3.62.